The summed E-state index contributed by atoms with van der Waals surface area (Å²) in [6.45, 7) is 4.90. The zero-order valence-electron chi connectivity index (χ0n) is 13.7. The lowest BCUT2D eigenvalue weighted by Crippen LogP contribution is -2.42. The Morgan fingerprint density at radius 1 is 1.22 bits per heavy atom. The van der Waals surface area contributed by atoms with Gasteiger partial charge in [-0.05, 0) is 25.8 Å². The zero-order chi connectivity index (χ0) is 15.9. The van der Waals surface area contributed by atoms with E-state index in [0.717, 1.165) is 48.8 Å². The molecule has 0 radical (unpaired) electrons. The highest BCUT2D eigenvalue weighted by Crippen LogP contribution is 2.33. The Kier molecular flexibility index (Phi) is 5.40. The summed E-state index contributed by atoms with van der Waals surface area (Å²) in [5, 5.41) is 6.80. The fourth-order valence-corrected chi connectivity index (χ4v) is 2.79. The molecule has 0 amide bonds. The highest BCUT2D eigenvalue weighted by atomic mass is 16.5. The van der Waals surface area contributed by atoms with Gasteiger partial charge in [-0.2, -0.15) is 0 Å². The Labute approximate surface area is 137 Å². The van der Waals surface area contributed by atoms with Gasteiger partial charge in [0.25, 0.3) is 0 Å². The number of nitrogens with one attached hydrogen (secondary N) is 2. The van der Waals surface area contributed by atoms with E-state index in [0.29, 0.717) is 25.8 Å². The number of aliphatic imine (C=N–C) groups is 1. The van der Waals surface area contributed by atoms with Crippen molar-refractivity contribution < 1.29 is 9.47 Å². The highest BCUT2D eigenvalue weighted by Gasteiger charge is 2.15. The number of guanidine groups is 1. The molecule has 3 rings (SSSR count). The molecule has 5 nitrogen and oxygen atoms in total. The normalized spacial score (nSPS) is 17.9. The minimum Gasteiger partial charge on any atom is -0.490 e. The second-order valence-electron chi connectivity index (χ2n) is 5.77. The SMILES string of the molecule is CCNC(=NCc1cccc2c1OCCCO2)NC1CC=CC1. The summed E-state index contributed by atoms with van der Waals surface area (Å²) in [5.41, 5.74) is 1.06. The second-order valence-corrected chi connectivity index (χ2v) is 5.77. The summed E-state index contributed by atoms with van der Waals surface area (Å²) in [7, 11) is 0. The Hall–Kier alpha value is -2.17. The minimum absolute atomic E-state index is 0.445. The van der Waals surface area contributed by atoms with Crippen LogP contribution >= 0.6 is 0 Å². The van der Waals surface area contributed by atoms with Gasteiger partial charge in [0.05, 0.1) is 19.8 Å². The zero-order valence-corrected chi connectivity index (χ0v) is 13.7. The number of ether oxygens (including phenoxy) is 2. The second kappa shape index (κ2) is 7.90. The van der Waals surface area contributed by atoms with Crippen LogP contribution in [-0.2, 0) is 6.54 Å². The molecule has 5 heteroatoms. The molecule has 0 spiro atoms. The predicted molar refractivity (Wildman–Crippen MR) is 92.2 cm³/mol. The molecule has 2 aliphatic rings. The average Bonchev–Trinajstić information content (AvgIpc) is 2.95. The van der Waals surface area contributed by atoms with Crippen molar-refractivity contribution in [2.75, 3.05) is 19.8 Å². The van der Waals surface area contributed by atoms with Crippen LogP contribution in [-0.4, -0.2) is 31.8 Å². The van der Waals surface area contributed by atoms with E-state index in [1.807, 2.05) is 12.1 Å². The van der Waals surface area contributed by atoms with Gasteiger partial charge < -0.3 is 20.1 Å². The Morgan fingerprint density at radius 2 is 2.04 bits per heavy atom. The van der Waals surface area contributed by atoms with Crippen LogP contribution in [0.15, 0.2) is 35.3 Å². The largest absolute Gasteiger partial charge is 0.490 e. The van der Waals surface area contributed by atoms with Crippen LogP contribution in [0.25, 0.3) is 0 Å². The molecular formula is C18H25N3O2. The van der Waals surface area contributed by atoms with E-state index >= 15 is 0 Å². The van der Waals surface area contributed by atoms with E-state index in [-0.39, 0.29) is 0 Å². The third-order valence-corrected chi connectivity index (χ3v) is 3.95. The quantitative estimate of drug-likeness (QED) is 0.509. The first-order valence-electron chi connectivity index (χ1n) is 8.44. The number of para-hydroxylation sites is 1. The fourth-order valence-electron chi connectivity index (χ4n) is 2.79. The summed E-state index contributed by atoms with van der Waals surface area (Å²) in [4.78, 5) is 4.72. The minimum atomic E-state index is 0.445. The van der Waals surface area contributed by atoms with Crippen molar-refractivity contribution in [3.05, 3.63) is 35.9 Å². The number of benzene rings is 1. The summed E-state index contributed by atoms with van der Waals surface area (Å²) in [6, 6.07) is 6.46. The van der Waals surface area contributed by atoms with Crippen molar-refractivity contribution in [3.63, 3.8) is 0 Å². The van der Waals surface area contributed by atoms with Crippen molar-refractivity contribution in [3.8, 4) is 11.5 Å². The van der Waals surface area contributed by atoms with Crippen LogP contribution in [0, 0.1) is 0 Å². The Bertz CT molecular complexity index is 576. The molecular weight excluding hydrogens is 290 g/mol. The average molecular weight is 315 g/mol. The Morgan fingerprint density at radius 3 is 2.87 bits per heavy atom. The first-order valence-corrected chi connectivity index (χ1v) is 8.44. The standard InChI is InChI=1S/C18H25N3O2/c1-2-19-18(21-15-8-3-4-9-15)20-13-14-7-5-10-16-17(14)23-12-6-11-22-16/h3-5,7,10,15H,2,6,8-9,11-13H2,1H3,(H2,19,20,21). The van der Waals surface area contributed by atoms with Crippen LogP contribution in [0.4, 0.5) is 0 Å². The Balaban J connectivity index is 1.71. The lowest BCUT2D eigenvalue weighted by molar-refractivity contribution is 0.296. The third-order valence-electron chi connectivity index (χ3n) is 3.95. The van der Waals surface area contributed by atoms with Crippen molar-refractivity contribution in [1.29, 1.82) is 0 Å². The maximum absolute atomic E-state index is 5.86. The molecule has 0 fully saturated rings. The van der Waals surface area contributed by atoms with Gasteiger partial charge in [0.1, 0.15) is 0 Å². The lowest BCUT2D eigenvalue weighted by Gasteiger charge is -2.17. The molecule has 0 bridgehead atoms. The van der Waals surface area contributed by atoms with E-state index in [1.54, 1.807) is 0 Å². The number of rotatable bonds is 4. The number of fused-ring (bicyclic) bond motifs is 1. The van der Waals surface area contributed by atoms with Gasteiger partial charge in [0, 0.05) is 24.6 Å². The van der Waals surface area contributed by atoms with E-state index in [2.05, 4.69) is 35.8 Å². The van der Waals surface area contributed by atoms with Crippen LogP contribution in [0.5, 0.6) is 11.5 Å². The maximum atomic E-state index is 5.86. The summed E-state index contributed by atoms with van der Waals surface area (Å²) in [6.07, 6.45) is 7.45. The lowest BCUT2D eigenvalue weighted by atomic mass is 10.2. The van der Waals surface area contributed by atoms with Gasteiger partial charge in [-0.25, -0.2) is 4.99 Å². The highest BCUT2D eigenvalue weighted by molar-refractivity contribution is 5.80. The van der Waals surface area contributed by atoms with Crippen molar-refractivity contribution in [1.82, 2.24) is 10.6 Å². The van der Waals surface area contributed by atoms with E-state index in [4.69, 9.17) is 14.5 Å². The first kappa shape index (κ1) is 15.7. The molecule has 0 saturated carbocycles. The predicted octanol–water partition coefficient (Wildman–Crippen LogP) is 2.62. The van der Waals surface area contributed by atoms with Crippen LogP contribution < -0.4 is 20.1 Å². The molecule has 2 N–H and O–H groups in total. The van der Waals surface area contributed by atoms with Gasteiger partial charge in [0.15, 0.2) is 17.5 Å². The molecule has 0 atom stereocenters. The number of hydrogen-bond donors (Lipinski definition) is 2. The molecule has 1 heterocycles. The molecule has 1 aliphatic heterocycles. The molecule has 1 aromatic rings. The molecule has 124 valence electrons. The fraction of sp³-hybridized carbons (Fsp3) is 0.500. The van der Waals surface area contributed by atoms with E-state index in [9.17, 15) is 0 Å². The maximum Gasteiger partial charge on any atom is 0.191 e. The van der Waals surface area contributed by atoms with Crippen molar-refractivity contribution in [2.24, 2.45) is 4.99 Å². The van der Waals surface area contributed by atoms with Gasteiger partial charge in [-0.15, -0.1) is 0 Å². The van der Waals surface area contributed by atoms with Gasteiger partial charge >= 0.3 is 0 Å². The molecule has 0 unspecified atom stereocenters. The monoisotopic (exact) mass is 315 g/mol. The summed E-state index contributed by atoms with van der Waals surface area (Å²) < 4.78 is 11.6. The van der Waals surface area contributed by atoms with Crippen LogP contribution in [0.1, 0.15) is 31.7 Å². The number of nitrogens with zero attached hydrogens (tertiary/aromatic N) is 1. The van der Waals surface area contributed by atoms with E-state index < -0.39 is 0 Å². The first-order chi connectivity index (χ1) is 11.4. The van der Waals surface area contributed by atoms with Crippen LogP contribution in [0.3, 0.4) is 0 Å². The van der Waals surface area contributed by atoms with Crippen molar-refractivity contribution in [2.45, 2.75) is 38.8 Å². The van der Waals surface area contributed by atoms with Crippen molar-refractivity contribution >= 4 is 5.96 Å². The van der Waals surface area contributed by atoms with Gasteiger partial charge in [0.2, 0.25) is 0 Å². The molecule has 23 heavy (non-hydrogen) atoms. The summed E-state index contributed by atoms with van der Waals surface area (Å²) >= 11 is 0. The summed E-state index contributed by atoms with van der Waals surface area (Å²) in [5.74, 6) is 2.52. The number of hydrogen-bond acceptors (Lipinski definition) is 3. The molecule has 0 aromatic heterocycles. The molecule has 1 aromatic carbocycles. The van der Waals surface area contributed by atoms with Gasteiger partial charge in [-0.1, -0.05) is 24.3 Å². The van der Waals surface area contributed by atoms with Crippen LogP contribution in [0.2, 0.25) is 0 Å². The third kappa shape index (κ3) is 4.18. The van der Waals surface area contributed by atoms with Gasteiger partial charge in [-0.3, -0.25) is 0 Å². The van der Waals surface area contributed by atoms with E-state index in [1.165, 1.54) is 0 Å². The molecule has 1 aliphatic carbocycles. The topological polar surface area (TPSA) is 54.9 Å². The molecule has 0 saturated heterocycles. The smallest absolute Gasteiger partial charge is 0.191 e.